The zero-order valence-electron chi connectivity index (χ0n) is 11.0. The highest BCUT2D eigenvalue weighted by Gasteiger charge is 2.13. The van der Waals surface area contributed by atoms with Gasteiger partial charge in [0.1, 0.15) is 12.2 Å². The second-order valence-electron chi connectivity index (χ2n) is 4.42. The van der Waals surface area contributed by atoms with E-state index < -0.39 is 0 Å². The summed E-state index contributed by atoms with van der Waals surface area (Å²) in [5, 5.41) is 22.1. The Balaban J connectivity index is 1.85. The van der Waals surface area contributed by atoms with Crippen molar-refractivity contribution in [2.24, 2.45) is 0 Å². The number of hydrogen-bond acceptors (Lipinski definition) is 6. The third-order valence-corrected chi connectivity index (χ3v) is 3.13. The molecule has 2 N–H and O–H groups in total. The molecule has 0 saturated heterocycles. The summed E-state index contributed by atoms with van der Waals surface area (Å²) in [6.07, 6.45) is 5.31. The van der Waals surface area contributed by atoms with Gasteiger partial charge in [0, 0.05) is 42.5 Å². The van der Waals surface area contributed by atoms with Crippen molar-refractivity contribution in [1.82, 2.24) is 20.2 Å². The summed E-state index contributed by atoms with van der Waals surface area (Å²) >= 11 is 0. The van der Waals surface area contributed by atoms with Gasteiger partial charge in [0.05, 0.1) is 10.3 Å². The van der Waals surface area contributed by atoms with Crippen LogP contribution in [0.15, 0.2) is 36.9 Å². The van der Waals surface area contributed by atoms with Crippen molar-refractivity contribution in [3.63, 3.8) is 0 Å². The lowest BCUT2D eigenvalue weighted by molar-refractivity contribution is -0.383. The minimum atomic E-state index is -0.388. The van der Waals surface area contributed by atoms with Crippen molar-refractivity contribution < 1.29 is 4.92 Å². The van der Waals surface area contributed by atoms with Gasteiger partial charge in [-0.3, -0.25) is 20.2 Å². The highest BCUT2D eigenvalue weighted by molar-refractivity contribution is 5.99. The van der Waals surface area contributed by atoms with Crippen molar-refractivity contribution in [2.75, 3.05) is 11.9 Å². The number of rotatable bonds is 5. The highest BCUT2D eigenvalue weighted by atomic mass is 16.6. The van der Waals surface area contributed by atoms with Crippen LogP contribution in [0.4, 0.5) is 11.4 Å². The van der Waals surface area contributed by atoms with Crippen molar-refractivity contribution in [3.05, 3.63) is 52.9 Å². The number of nitrogens with zero attached hydrogens (tertiary/aromatic N) is 4. The van der Waals surface area contributed by atoms with Crippen molar-refractivity contribution in [2.45, 2.75) is 6.42 Å². The Kier molecular flexibility index (Phi) is 3.42. The van der Waals surface area contributed by atoms with E-state index in [0.717, 1.165) is 16.9 Å². The van der Waals surface area contributed by atoms with Gasteiger partial charge in [0.2, 0.25) is 0 Å². The molecule has 0 unspecified atom stereocenters. The molecule has 0 atom stereocenters. The average molecular weight is 284 g/mol. The minimum Gasteiger partial charge on any atom is -0.384 e. The Labute approximate surface area is 119 Å². The van der Waals surface area contributed by atoms with Crippen LogP contribution in [0, 0.1) is 10.1 Å². The number of fused-ring (bicyclic) bond motifs is 1. The van der Waals surface area contributed by atoms with Crippen LogP contribution in [0.1, 0.15) is 5.82 Å². The van der Waals surface area contributed by atoms with Gasteiger partial charge in [0.15, 0.2) is 0 Å². The summed E-state index contributed by atoms with van der Waals surface area (Å²) in [6, 6.07) is 4.84. The highest BCUT2D eigenvalue weighted by Crippen LogP contribution is 2.30. The Hall–Kier alpha value is -3.03. The predicted molar refractivity (Wildman–Crippen MR) is 77.0 cm³/mol. The Morgan fingerprint density at radius 3 is 2.95 bits per heavy atom. The molecule has 0 radical (unpaired) electrons. The molecular weight excluding hydrogens is 272 g/mol. The normalized spacial score (nSPS) is 10.7. The zero-order chi connectivity index (χ0) is 14.7. The Morgan fingerprint density at radius 1 is 1.29 bits per heavy atom. The first-order chi connectivity index (χ1) is 10.3. The molecule has 0 aliphatic rings. The third kappa shape index (κ3) is 2.64. The smallest absolute Gasteiger partial charge is 0.277 e. The lowest BCUT2D eigenvalue weighted by Gasteiger charge is -2.09. The molecule has 3 rings (SSSR count). The van der Waals surface area contributed by atoms with Gasteiger partial charge in [-0.25, -0.2) is 4.98 Å². The molecule has 106 valence electrons. The van der Waals surface area contributed by atoms with Gasteiger partial charge in [-0.2, -0.15) is 5.10 Å². The monoisotopic (exact) mass is 284 g/mol. The summed E-state index contributed by atoms with van der Waals surface area (Å²) in [7, 11) is 0. The molecule has 0 bridgehead atoms. The standard InChI is InChI=1S/C13H12N6O2/c20-19(21)12-2-1-11(10-7-14-5-3-9(10)12)15-6-4-13-16-8-17-18-13/h1-3,5,7-8,15H,4,6H2,(H,16,17,18). The first-order valence-electron chi connectivity index (χ1n) is 6.35. The first kappa shape index (κ1) is 13.0. The van der Waals surface area contributed by atoms with E-state index in [0.29, 0.717) is 18.4 Å². The molecule has 8 heteroatoms. The fourth-order valence-electron chi connectivity index (χ4n) is 2.15. The zero-order valence-corrected chi connectivity index (χ0v) is 11.0. The molecule has 2 aromatic heterocycles. The quantitative estimate of drug-likeness (QED) is 0.547. The van der Waals surface area contributed by atoms with E-state index in [1.54, 1.807) is 24.5 Å². The van der Waals surface area contributed by atoms with E-state index in [1.165, 1.54) is 12.4 Å². The van der Waals surface area contributed by atoms with Gasteiger partial charge in [0.25, 0.3) is 5.69 Å². The van der Waals surface area contributed by atoms with Crippen LogP contribution in [0.2, 0.25) is 0 Å². The van der Waals surface area contributed by atoms with E-state index in [-0.39, 0.29) is 10.6 Å². The summed E-state index contributed by atoms with van der Waals surface area (Å²) < 4.78 is 0. The molecule has 2 heterocycles. The molecule has 8 nitrogen and oxygen atoms in total. The maximum atomic E-state index is 11.0. The molecule has 3 aromatic rings. The van der Waals surface area contributed by atoms with Gasteiger partial charge >= 0.3 is 0 Å². The van der Waals surface area contributed by atoms with Gasteiger partial charge in [-0.05, 0) is 12.1 Å². The van der Waals surface area contributed by atoms with E-state index in [9.17, 15) is 10.1 Å². The number of hydrogen-bond donors (Lipinski definition) is 2. The maximum Gasteiger partial charge on any atom is 0.277 e. The molecule has 0 saturated carbocycles. The fraction of sp³-hybridized carbons (Fsp3) is 0.154. The molecule has 0 amide bonds. The largest absolute Gasteiger partial charge is 0.384 e. The minimum absolute atomic E-state index is 0.0770. The van der Waals surface area contributed by atoms with Crippen LogP contribution in [0.5, 0.6) is 0 Å². The van der Waals surface area contributed by atoms with E-state index in [1.807, 2.05) is 0 Å². The maximum absolute atomic E-state index is 11.0. The van der Waals surface area contributed by atoms with Crippen LogP contribution < -0.4 is 5.32 Å². The number of benzene rings is 1. The van der Waals surface area contributed by atoms with E-state index >= 15 is 0 Å². The van der Waals surface area contributed by atoms with Gasteiger partial charge in [-0.15, -0.1) is 0 Å². The number of nitro groups is 1. The lowest BCUT2D eigenvalue weighted by atomic mass is 10.1. The molecule has 21 heavy (non-hydrogen) atoms. The lowest BCUT2D eigenvalue weighted by Crippen LogP contribution is -2.06. The number of nitrogens with one attached hydrogen (secondary N) is 2. The van der Waals surface area contributed by atoms with Crippen LogP contribution in [0.3, 0.4) is 0 Å². The fourth-order valence-corrected chi connectivity index (χ4v) is 2.15. The van der Waals surface area contributed by atoms with Crippen molar-refractivity contribution in [1.29, 1.82) is 0 Å². The molecular formula is C13H12N6O2. The molecule has 0 spiro atoms. The SMILES string of the molecule is O=[N+]([O-])c1ccc(NCCc2ncn[nH]2)c2cnccc12. The van der Waals surface area contributed by atoms with Crippen LogP contribution >= 0.6 is 0 Å². The summed E-state index contributed by atoms with van der Waals surface area (Å²) in [6.45, 7) is 0.636. The number of aromatic nitrogens is 4. The summed E-state index contributed by atoms with van der Waals surface area (Å²) in [5.74, 6) is 0.784. The summed E-state index contributed by atoms with van der Waals surface area (Å²) in [4.78, 5) is 18.7. The van der Waals surface area contributed by atoms with Crippen LogP contribution in [-0.2, 0) is 6.42 Å². The Morgan fingerprint density at radius 2 is 2.19 bits per heavy atom. The molecule has 0 aliphatic heterocycles. The van der Waals surface area contributed by atoms with Crippen molar-refractivity contribution in [3.8, 4) is 0 Å². The van der Waals surface area contributed by atoms with Crippen LogP contribution in [-0.4, -0.2) is 31.6 Å². The number of anilines is 1. The molecule has 0 fully saturated rings. The topological polar surface area (TPSA) is 110 Å². The predicted octanol–water partition coefficient (Wildman–Crippen LogP) is 1.92. The second kappa shape index (κ2) is 5.53. The van der Waals surface area contributed by atoms with Crippen LogP contribution in [0.25, 0.3) is 10.8 Å². The molecule has 0 aliphatic carbocycles. The average Bonchev–Trinajstić information content (AvgIpc) is 3.00. The Bertz CT molecular complexity index is 771. The number of non-ortho nitro benzene ring substituents is 1. The number of nitro benzene ring substituents is 1. The number of pyridine rings is 1. The van der Waals surface area contributed by atoms with Crippen molar-refractivity contribution >= 4 is 22.1 Å². The molecule has 1 aromatic carbocycles. The van der Waals surface area contributed by atoms with E-state index in [2.05, 4.69) is 25.5 Å². The van der Waals surface area contributed by atoms with E-state index in [4.69, 9.17) is 0 Å². The third-order valence-electron chi connectivity index (χ3n) is 3.13. The number of H-pyrrole nitrogens is 1. The van der Waals surface area contributed by atoms with Gasteiger partial charge in [-0.1, -0.05) is 0 Å². The second-order valence-corrected chi connectivity index (χ2v) is 4.42. The summed E-state index contributed by atoms with van der Waals surface area (Å²) in [5.41, 5.74) is 0.886. The van der Waals surface area contributed by atoms with Gasteiger partial charge < -0.3 is 5.32 Å². The first-order valence-corrected chi connectivity index (χ1v) is 6.35. The number of aromatic amines is 1.